The van der Waals surface area contributed by atoms with E-state index in [1.54, 1.807) is 24.5 Å². The zero-order valence-electron chi connectivity index (χ0n) is 16.6. The smallest absolute Gasteiger partial charge is 0.327 e. The van der Waals surface area contributed by atoms with Gasteiger partial charge in [-0.1, -0.05) is 6.07 Å². The SMILES string of the molecule is O=c1[nH]c(O)c(/C=c2\cnn3c(=NC4CC4)nc(Oc4ccc5ncccc5c4)nc23)[nH]1. The number of aromatic hydroxyl groups is 1. The highest BCUT2D eigenvalue weighted by atomic mass is 16.5. The molecule has 0 aliphatic heterocycles. The predicted octanol–water partition coefficient (Wildman–Crippen LogP) is 0.798. The van der Waals surface area contributed by atoms with E-state index in [2.05, 4.69) is 35.0 Å². The average molecular weight is 428 g/mol. The second-order valence-electron chi connectivity index (χ2n) is 7.45. The number of rotatable bonds is 4. The van der Waals surface area contributed by atoms with Gasteiger partial charge < -0.3 is 14.8 Å². The van der Waals surface area contributed by atoms with Crippen molar-refractivity contribution in [2.45, 2.75) is 18.9 Å². The first-order valence-electron chi connectivity index (χ1n) is 9.98. The van der Waals surface area contributed by atoms with E-state index >= 15 is 0 Å². The van der Waals surface area contributed by atoms with Crippen LogP contribution in [-0.4, -0.2) is 45.7 Å². The molecule has 11 heteroatoms. The van der Waals surface area contributed by atoms with Gasteiger partial charge in [0, 0.05) is 16.8 Å². The molecular formula is C21H16N8O3. The van der Waals surface area contributed by atoms with Gasteiger partial charge in [-0.05, 0) is 43.2 Å². The van der Waals surface area contributed by atoms with Crippen molar-refractivity contribution in [2.24, 2.45) is 4.99 Å². The highest BCUT2D eigenvalue weighted by Crippen LogP contribution is 2.24. The van der Waals surface area contributed by atoms with Crippen LogP contribution in [0, 0.1) is 0 Å². The van der Waals surface area contributed by atoms with Gasteiger partial charge in [0.05, 0.1) is 17.8 Å². The molecule has 3 N–H and O–H groups in total. The van der Waals surface area contributed by atoms with Gasteiger partial charge in [0.25, 0.3) is 5.62 Å². The third kappa shape index (κ3) is 3.35. The number of aromatic nitrogens is 7. The summed E-state index contributed by atoms with van der Waals surface area (Å²) in [5, 5.41) is 15.7. The highest BCUT2D eigenvalue weighted by Gasteiger charge is 2.21. The maximum absolute atomic E-state index is 11.5. The van der Waals surface area contributed by atoms with Crippen molar-refractivity contribution in [3.05, 3.63) is 69.7 Å². The summed E-state index contributed by atoms with van der Waals surface area (Å²) in [4.78, 5) is 34.2. The molecule has 32 heavy (non-hydrogen) atoms. The van der Waals surface area contributed by atoms with Crippen molar-refractivity contribution in [1.82, 2.24) is 34.5 Å². The average Bonchev–Trinajstić information content (AvgIpc) is 3.42. The van der Waals surface area contributed by atoms with Gasteiger partial charge in [0.2, 0.25) is 5.88 Å². The minimum absolute atomic E-state index is 0.113. The number of aromatic amines is 2. The van der Waals surface area contributed by atoms with Crippen LogP contribution in [0.2, 0.25) is 0 Å². The number of nitrogens with one attached hydrogen (secondary N) is 2. The molecule has 0 spiro atoms. The topological polar surface area (TPSA) is 146 Å². The molecule has 1 aliphatic rings. The van der Waals surface area contributed by atoms with Crippen molar-refractivity contribution >= 4 is 22.6 Å². The number of pyridine rings is 1. The third-order valence-corrected chi connectivity index (χ3v) is 5.02. The van der Waals surface area contributed by atoms with E-state index in [1.165, 1.54) is 4.52 Å². The number of benzene rings is 1. The largest absolute Gasteiger partial charge is 0.493 e. The van der Waals surface area contributed by atoms with Crippen LogP contribution in [0.1, 0.15) is 18.5 Å². The Kier molecular flexibility index (Phi) is 4.00. The van der Waals surface area contributed by atoms with E-state index in [1.807, 2.05) is 24.3 Å². The van der Waals surface area contributed by atoms with Gasteiger partial charge in [-0.2, -0.15) is 19.6 Å². The molecule has 1 fully saturated rings. The first-order valence-corrected chi connectivity index (χ1v) is 9.98. The van der Waals surface area contributed by atoms with Crippen molar-refractivity contribution < 1.29 is 9.84 Å². The van der Waals surface area contributed by atoms with Crippen LogP contribution in [0.5, 0.6) is 17.6 Å². The molecule has 11 nitrogen and oxygen atoms in total. The van der Waals surface area contributed by atoms with Crippen molar-refractivity contribution in [3.8, 4) is 17.6 Å². The molecule has 0 bridgehead atoms. The lowest BCUT2D eigenvalue weighted by molar-refractivity contribution is 0.436. The quantitative estimate of drug-likeness (QED) is 0.384. The summed E-state index contributed by atoms with van der Waals surface area (Å²) in [6, 6.07) is 9.64. The second-order valence-corrected chi connectivity index (χ2v) is 7.45. The molecule has 0 radical (unpaired) electrons. The molecule has 0 saturated heterocycles. The summed E-state index contributed by atoms with van der Waals surface area (Å²) in [6.07, 6.45) is 6.86. The molecular weight excluding hydrogens is 412 g/mol. The number of imidazole rings is 1. The minimum atomic E-state index is -0.515. The van der Waals surface area contributed by atoms with E-state index in [0.29, 0.717) is 22.2 Å². The van der Waals surface area contributed by atoms with Crippen LogP contribution in [0.15, 0.2) is 52.5 Å². The van der Waals surface area contributed by atoms with Crippen LogP contribution in [0.3, 0.4) is 0 Å². The Morgan fingerprint density at radius 2 is 2.12 bits per heavy atom. The fourth-order valence-corrected chi connectivity index (χ4v) is 3.33. The molecule has 0 amide bonds. The number of fused-ring (bicyclic) bond motifs is 2. The van der Waals surface area contributed by atoms with Gasteiger partial charge in [-0.25, -0.2) is 9.79 Å². The molecule has 4 aromatic heterocycles. The van der Waals surface area contributed by atoms with Gasteiger partial charge in [-0.3, -0.25) is 9.97 Å². The highest BCUT2D eigenvalue weighted by molar-refractivity contribution is 5.79. The molecule has 0 atom stereocenters. The van der Waals surface area contributed by atoms with Gasteiger partial charge in [0.15, 0.2) is 5.65 Å². The Balaban J connectivity index is 1.50. The van der Waals surface area contributed by atoms with Crippen LogP contribution in [-0.2, 0) is 0 Å². The summed E-state index contributed by atoms with van der Waals surface area (Å²) >= 11 is 0. The lowest BCUT2D eigenvalue weighted by atomic mass is 10.2. The summed E-state index contributed by atoms with van der Waals surface area (Å²) in [6.45, 7) is 0. The molecule has 1 saturated carbocycles. The number of H-pyrrole nitrogens is 2. The fourth-order valence-electron chi connectivity index (χ4n) is 3.33. The molecule has 1 aromatic carbocycles. The number of hydrogen-bond acceptors (Lipinski definition) is 8. The lowest BCUT2D eigenvalue weighted by Crippen LogP contribution is -2.23. The standard InChI is InChI=1S/C21H16N8O3/c30-18-16(25-20(31)27-18)9-12-10-23-29-17(12)26-21(28-19(29)24-13-3-4-13)32-14-5-6-15-11(8-14)2-1-7-22-15/h1-2,5-10,13,30H,3-4H2,(H2,25,27,31)/b12-9+,24-19?. The summed E-state index contributed by atoms with van der Waals surface area (Å²) < 4.78 is 7.48. The summed E-state index contributed by atoms with van der Waals surface area (Å²) in [5.74, 6) is 0.289. The summed E-state index contributed by atoms with van der Waals surface area (Å²) in [7, 11) is 0. The van der Waals surface area contributed by atoms with Crippen molar-refractivity contribution in [1.29, 1.82) is 0 Å². The maximum Gasteiger partial charge on any atom is 0.327 e. The molecule has 0 unspecified atom stereocenters. The van der Waals surface area contributed by atoms with Gasteiger partial charge >= 0.3 is 11.7 Å². The minimum Gasteiger partial charge on any atom is -0.493 e. The first kappa shape index (κ1) is 18.2. The number of nitrogens with zero attached hydrogens (tertiary/aromatic N) is 6. The van der Waals surface area contributed by atoms with E-state index in [-0.39, 0.29) is 23.6 Å². The number of ether oxygens (including phenoxy) is 1. The van der Waals surface area contributed by atoms with E-state index < -0.39 is 5.69 Å². The molecule has 6 rings (SSSR count). The van der Waals surface area contributed by atoms with E-state index in [9.17, 15) is 9.90 Å². The first-order chi connectivity index (χ1) is 15.6. The predicted molar refractivity (Wildman–Crippen MR) is 113 cm³/mol. The van der Waals surface area contributed by atoms with E-state index in [4.69, 9.17) is 4.74 Å². The van der Waals surface area contributed by atoms with Crippen molar-refractivity contribution in [2.75, 3.05) is 0 Å². The van der Waals surface area contributed by atoms with Crippen LogP contribution in [0.4, 0.5) is 0 Å². The Labute approximate surface area is 178 Å². The normalized spacial score (nSPS) is 15.1. The molecule has 1 aliphatic carbocycles. The Morgan fingerprint density at radius 1 is 1.22 bits per heavy atom. The molecule has 4 heterocycles. The summed E-state index contributed by atoms with van der Waals surface area (Å²) in [5.41, 5.74) is 1.36. The van der Waals surface area contributed by atoms with E-state index in [0.717, 1.165) is 23.7 Å². The van der Waals surface area contributed by atoms with Crippen LogP contribution in [0.25, 0.3) is 22.6 Å². The van der Waals surface area contributed by atoms with Crippen molar-refractivity contribution in [3.63, 3.8) is 0 Å². The monoisotopic (exact) mass is 428 g/mol. The van der Waals surface area contributed by atoms with Gasteiger partial charge in [0.1, 0.15) is 11.4 Å². The third-order valence-electron chi connectivity index (χ3n) is 5.02. The molecule has 5 aromatic rings. The Hall–Kier alpha value is -4.54. The lowest BCUT2D eigenvalue weighted by Gasteiger charge is -2.05. The zero-order chi connectivity index (χ0) is 21.7. The maximum atomic E-state index is 11.5. The number of hydrogen-bond donors (Lipinski definition) is 3. The Morgan fingerprint density at radius 3 is 2.94 bits per heavy atom. The fraction of sp³-hybridized carbons (Fsp3) is 0.143. The van der Waals surface area contributed by atoms with Crippen LogP contribution < -0.4 is 21.3 Å². The zero-order valence-corrected chi connectivity index (χ0v) is 16.6. The van der Waals surface area contributed by atoms with Crippen LogP contribution >= 0.6 is 0 Å². The molecule has 158 valence electrons. The Bertz CT molecular complexity index is 1660. The second kappa shape index (κ2) is 7.01. The van der Waals surface area contributed by atoms with Gasteiger partial charge in [-0.15, -0.1) is 0 Å².